The molecule has 1 aromatic heterocycles. The monoisotopic (exact) mass is 475 g/mol. The van der Waals surface area contributed by atoms with E-state index in [0.29, 0.717) is 61.0 Å². The Labute approximate surface area is 204 Å². The number of aromatic nitrogens is 1. The smallest absolute Gasteiger partial charge is 0.254 e. The number of piperidine rings is 1. The summed E-state index contributed by atoms with van der Waals surface area (Å²) in [5.74, 6) is 1.48. The minimum absolute atomic E-state index is 0.0513. The van der Waals surface area contributed by atoms with Gasteiger partial charge in [-0.25, -0.2) is 0 Å². The average molecular weight is 476 g/mol. The fraction of sp³-hybridized carbons (Fsp3) is 0.296. The number of anilines is 1. The normalized spacial score (nSPS) is 13.7. The Balaban J connectivity index is 1.30. The Morgan fingerprint density at radius 1 is 0.971 bits per heavy atom. The first-order valence-electron chi connectivity index (χ1n) is 11.5. The number of methoxy groups -OCH3 is 2. The summed E-state index contributed by atoms with van der Waals surface area (Å²) in [5.41, 5.74) is 2.16. The van der Waals surface area contributed by atoms with Gasteiger partial charge in [-0.2, -0.15) is 0 Å². The minimum atomic E-state index is -0.168. The molecule has 0 unspecified atom stereocenters. The van der Waals surface area contributed by atoms with E-state index in [1.54, 1.807) is 49.7 Å². The number of amides is 2. The summed E-state index contributed by atoms with van der Waals surface area (Å²) in [7, 11) is 3.10. The Hall–Kier alpha value is -4.07. The average Bonchev–Trinajstić information content (AvgIpc) is 2.92. The molecule has 182 valence electrons. The SMILES string of the molecule is COc1cc(OC)cc(C(=O)N2CCC(C(=O)Nc3cccc(OCc4cccnc4)c3)CC2)c1. The van der Waals surface area contributed by atoms with Crippen molar-refractivity contribution in [3.8, 4) is 17.2 Å². The van der Waals surface area contributed by atoms with Crippen LogP contribution in [-0.4, -0.2) is 49.0 Å². The summed E-state index contributed by atoms with van der Waals surface area (Å²) in [6.45, 7) is 1.41. The molecule has 1 aliphatic heterocycles. The first-order chi connectivity index (χ1) is 17.1. The van der Waals surface area contributed by atoms with Crippen molar-refractivity contribution in [2.75, 3.05) is 32.6 Å². The predicted octanol–water partition coefficient (Wildman–Crippen LogP) is 4.17. The van der Waals surface area contributed by atoms with E-state index in [1.807, 2.05) is 36.4 Å². The third-order valence-corrected chi connectivity index (χ3v) is 5.98. The molecule has 4 rings (SSSR count). The Bertz CT molecular complexity index is 1140. The van der Waals surface area contributed by atoms with Crippen molar-refractivity contribution in [2.45, 2.75) is 19.4 Å². The van der Waals surface area contributed by atoms with Crippen LogP contribution in [0.4, 0.5) is 5.69 Å². The van der Waals surface area contributed by atoms with Gasteiger partial charge in [-0.1, -0.05) is 12.1 Å². The topological polar surface area (TPSA) is 90.0 Å². The number of benzene rings is 2. The highest BCUT2D eigenvalue weighted by Gasteiger charge is 2.28. The van der Waals surface area contributed by atoms with Gasteiger partial charge in [0.1, 0.15) is 23.9 Å². The molecule has 1 N–H and O–H groups in total. The summed E-state index contributed by atoms with van der Waals surface area (Å²) in [5, 5.41) is 2.99. The maximum Gasteiger partial charge on any atom is 0.254 e. The lowest BCUT2D eigenvalue weighted by Gasteiger charge is -2.31. The second kappa shape index (κ2) is 11.4. The zero-order chi connectivity index (χ0) is 24.6. The third-order valence-electron chi connectivity index (χ3n) is 5.98. The first-order valence-corrected chi connectivity index (χ1v) is 11.5. The molecule has 1 saturated heterocycles. The van der Waals surface area contributed by atoms with Gasteiger partial charge in [0.2, 0.25) is 5.91 Å². The van der Waals surface area contributed by atoms with Crippen LogP contribution in [-0.2, 0) is 11.4 Å². The lowest BCUT2D eigenvalue weighted by molar-refractivity contribution is -0.121. The van der Waals surface area contributed by atoms with Crippen LogP contribution in [0.1, 0.15) is 28.8 Å². The first kappa shape index (κ1) is 24.1. The van der Waals surface area contributed by atoms with E-state index in [2.05, 4.69) is 10.3 Å². The Kier molecular flexibility index (Phi) is 7.82. The number of likely N-dealkylation sites (tertiary alicyclic amines) is 1. The van der Waals surface area contributed by atoms with Gasteiger partial charge >= 0.3 is 0 Å². The van der Waals surface area contributed by atoms with Crippen LogP contribution in [0.5, 0.6) is 17.2 Å². The molecular formula is C27H29N3O5. The van der Waals surface area contributed by atoms with Gasteiger partial charge < -0.3 is 24.4 Å². The molecule has 2 aromatic carbocycles. The summed E-state index contributed by atoms with van der Waals surface area (Å²) in [4.78, 5) is 31.7. The van der Waals surface area contributed by atoms with Crippen molar-refractivity contribution in [3.05, 3.63) is 78.1 Å². The number of nitrogens with zero attached hydrogens (tertiary/aromatic N) is 2. The maximum absolute atomic E-state index is 13.0. The number of carbonyl (C=O) groups excluding carboxylic acids is 2. The van der Waals surface area contributed by atoms with Gasteiger partial charge in [0.15, 0.2) is 0 Å². The molecule has 1 fully saturated rings. The van der Waals surface area contributed by atoms with Crippen LogP contribution in [0.15, 0.2) is 67.0 Å². The minimum Gasteiger partial charge on any atom is -0.497 e. The molecule has 0 saturated carbocycles. The summed E-state index contributed by atoms with van der Waals surface area (Å²) >= 11 is 0. The van der Waals surface area contributed by atoms with Crippen molar-refractivity contribution in [1.82, 2.24) is 9.88 Å². The summed E-state index contributed by atoms with van der Waals surface area (Å²) in [6.07, 6.45) is 4.66. The van der Waals surface area contributed by atoms with Crippen molar-refractivity contribution in [2.24, 2.45) is 5.92 Å². The molecule has 2 amide bonds. The molecule has 0 bridgehead atoms. The van der Waals surface area contributed by atoms with Gasteiger partial charge in [0.25, 0.3) is 5.91 Å². The number of hydrogen-bond acceptors (Lipinski definition) is 6. The predicted molar refractivity (Wildman–Crippen MR) is 132 cm³/mol. The fourth-order valence-corrected chi connectivity index (χ4v) is 4.02. The molecule has 2 heterocycles. The number of nitrogens with one attached hydrogen (secondary N) is 1. The zero-order valence-electron chi connectivity index (χ0n) is 19.9. The third kappa shape index (κ3) is 6.29. The van der Waals surface area contributed by atoms with E-state index >= 15 is 0 Å². The van der Waals surface area contributed by atoms with Gasteiger partial charge in [0, 0.05) is 60.3 Å². The zero-order valence-corrected chi connectivity index (χ0v) is 19.9. The highest BCUT2D eigenvalue weighted by molar-refractivity contribution is 5.96. The van der Waals surface area contributed by atoms with Crippen molar-refractivity contribution in [1.29, 1.82) is 0 Å². The van der Waals surface area contributed by atoms with Gasteiger partial charge in [-0.3, -0.25) is 14.6 Å². The number of hydrogen-bond donors (Lipinski definition) is 1. The molecule has 0 atom stereocenters. The van der Waals surface area contributed by atoms with Crippen LogP contribution in [0.2, 0.25) is 0 Å². The number of carbonyl (C=O) groups is 2. The number of pyridine rings is 1. The molecule has 8 nitrogen and oxygen atoms in total. The molecule has 35 heavy (non-hydrogen) atoms. The highest BCUT2D eigenvalue weighted by Crippen LogP contribution is 2.26. The van der Waals surface area contributed by atoms with Gasteiger partial charge in [0.05, 0.1) is 14.2 Å². The molecule has 0 spiro atoms. The maximum atomic E-state index is 13.0. The van der Waals surface area contributed by atoms with Gasteiger partial charge in [-0.15, -0.1) is 0 Å². The van der Waals surface area contributed by atoms with Crippen LogP contribution in [0, 0.1) is 5.92 Å². The van der Waals surface area contributed by atoms with E-state index < -0.39 is 0 Å². The summed E-state index contributed by atoms with van der Waals surface area (Å²) in [6, 6.07) is 16.3. The molecule has 1 aliphatic rings. The van der Waals surface area contributed by atoms with Crippen LogP contribution in [0.25, 0.3) is 0 Å². The molecular weight excluding hydrogens is 446 g/mol. The fourth-order valence-electron chi connectivity index (χ4n) is 4.02. The van der Waals surface area contributed by atoms with E-state index in [4.69, 9.17) is 14.2 Å². The lowest BCUT2D eigenvalue weighted by atomic mass is 9.95. The van der Waals surface area contributed by atoms with Crippen molar-refractivity contribution >= 4 is 17.5 Å². The van der Waals surface area contributed by atoms with E-state index in [9.17, 15) is 9.59 Å². The second-order valence-electron chi connectivity index (χ2n) is 8.33. The standard InChI is InChI=1S/C27H29N3O5/c1-33-24-13-21(14-25(16-24)34-2)27(32)30-11-8-20(9-12-30)26(31)29-22-6-3-7-23(15-22)35-18-19-5-4-10-28-17-19/h3-7,10,13-17,20H,8-9,11-12,18H2,1-2H3,(H,29,31). The van der Waals surface area contributed by atoms with Crippen molar-refractivity contribution in [3.63, 3.8) is 0 Å². The van der Waals surface area contributed by atoms with Crippen LogP contribution < -0.4 is 19.5 Å². The summed E-state index contributed by atoms with van der Waals surface area (Å²) < 4.78 is 16.4. The van der Waals surface area contributed by atoms with E-state index in [0.717, 1.165) is 5.56 Å². The van der Waals surface area contributed by atoms with Gasteiger partial charge in [-0.05, 0) is 43.2 Å². The van der Waals surface area contributed by atoms with Crippen LogP contribution >= 0.6 is 0 Å². The molecule has 0 radical (unpaired) electrons. The molecule has 8 heteroatoms. The van der Waals surface area contributed by atoms with Crippen molar-refractivity contribution < 1.29 is 23.8 Å². The number of ether oxygens (including phenoxy) is 3. The Morgan fingerprint density at radius 2 is 1.71 bits per heavy atom. The largest absolute Gasteiger partial charge is 0.497 e. The van der Waals surface area contributed by atoms with E-state index in [-0.39, 0.29) is 17.7 Å². The second-order valence-corrected chi connectivity index (χ2v) is 8.33. The molecule has 0 aliphatic carbocycles. The van der Waals surface area contributed by atoms with E-state index in [1.165, 1.54) is 0 Å². The lowest BCUT2D eigenvalue weighted by Crippen LogP contribution is -2.41. The molecule has 3 aromatic rings. The quantitative estimate of drug-likeness (QED) is 0.526. The van der Waals surface area contributed by atoms with Crippen LogP contribution in [0.3, 0.4) is 0 Å². The Morgan fingerprint density at radius 3 is 2.37 bits per heavy atom. The number of rotatable bonds is 8. The highest BCUT2D eigenvalue weighted by atomic mass is 16.5.